The zero-order valence-corrected chi connectivity index (χ0v) is 35.2. The summed E-state index contributed by atoms with van der Waals surface area (Å²) in [6, 6.07) is 13.5. The number of imidazole rings is 2. The summed E-state index contributed by atoms with van der Waals surface area (Å²) in [5.74, 6) is 2.47. The van der Waals surface area contributed by atoms with Crippen molar-refractivity contribution in [3.63, 3.8) is 0 Å². The lowest BCUT2D eigenvalue weighted by atomic mass is 9.92. The molecule has 14 nitrogen and oxygen atoms in total. The second-order valence-corrected chi connectivity index (χ2v) is 17.5. The van der Waals surface area contributed by atoms with Crippen LogP contribution in [0.4, 0.5) is 9.59 Å². The number of alkyl carbamates (subject to hydrolysis) is 1. The molecule has 6 atom stereocenters. The first kappa shape index (κ1) is 40.2. The van der Waals surface area contributed by atoms with E-state index in [1.54, 1.807) is 12.0 Å². The minimum Gasteiger partial charge on any atom is -0.488 e. The number of amides is 3. The number of fused-ring (bicyclic) bond motifs is 6. The molecule has 2 saturated heterocycles. The quantitative estimate of drug-likeness (QED) is 0.133. The minimum absolute atomic E-state index is 0.0690. The number of benzene rings is 3. The number of hydrogen-bond donors (Lipinski definition) is 3. The Morgan fingerprint density at radius 2 is 1.78 bits per heavy atom. The fourth-order valence-electron chi connectivity index (χ4n) is 8.94. The van der Waals surface area contributed by atoms with E-state index in [9.17, 15) is 14.4 Å². The van der Waals surface area contributed by atoms with Gasteiger partial charge in [-0.05, 0) is 91.8 Å². The Morgan fingerprint density at radius 1 is 0.983 bits per heavy atom. The lowest BCUT2D eigenvalue weighted by Gasteiger charge is -2.30. The number of aromatic nitrogens is 4. The molecule has 3 N–H and O–H groups in total. The van der Waals surface area contributed by atoms with Gasteiger partial charge in [-0.1, -0.05) is 45.4 Å². The summed E-state index contributed by atoms with van der Waals surface area (Å²) in [5.41, 5.74) is 6.07. The molecule has 2 aromatic heterocycles. The van der Waals surface area contributed by atoms with Crippen LogP contribution in [-0.4, -0.2) is 93.4 Å². The molecule has 5 heterocycles. The normalized spacial score (nSPS) is 21.2. The van der Waals surface area contributed by atoms with Crippen molar-refractivity contribution in [2.45, 2.75) is 91.1 Å². The van der Waals surface area contributed by atoms with Gasteiger partial charge in [0.05, 0.1) is 48.7 Å². The number of carbonyl (C=O) groups is 3. The van der Waals surface area contributed by atoms with Crippen LogP contribution in [0.5, 0.6) is 5.75 Å². The molecule has 3 aliphatic rings. The van der Waals surface area contributed by atoms with Gasteiger partial charge in [0, 0.05) is 37.1 Å². The van der Waals surface area contributed by atoms with Gasteiger partial charge in [-0.25, -0.2) is 19.6 Å². The monoisotopic (exact) mass is 805 g/mol. The molecule has 312 valence electrons. The molecule has 2 fully saturated rings. The molecule has 0 unspecified atom stereocenters. The first-order valence-electron chi connectivity index (χ1n) is 20.7. The number of rotatable bonds is 9. The Balaban J connectivity index is 1.05. The molecule has 0 radical (unpaired) electrons. The number of methoxy groups -OCH3 is 2. The molecule has 5 aromatic rings. The van der Waals surface area contributed by atoms with E-state index in [0.717, 1.165) is 86.4 Å². The summed E-state index contributed by atoms with van der Waals surface area (Å²) in [4.78, 5) is 60.0. The van der Waals surface area contributed by atoms with Crippen LogP contribution in [0.2, 0.25) is 0 Å². The minimum atomic E-state index is -0.693. The zero-order chi connectivity index (χ0) is 41.7. The number of hydrogen-bond acceptors (Lipinski definition) is 9. The van der Waals surface area contributed by atoms with Crippen molar-refractivity contribution in [3.8, 4) is 28.1 Å². The lowest BCUT2D eigenvalue weighted by Crippen LogP contribution is -2.51. The van der Waals surface area contributed by atoms with E-state index in [-0.39, 0.29) is 41.8 Å². The van der Waals surface area contributed by atoms with Gasteiger partial charge in [0.2, 0.25) is 5.91 Å². The van der Waals surface area contributed by atoms with Crippen LogP contribution >= 0.6 is 0 Å². The summed E-state index contributed by atoms with van der Waals surface area (Å²) < 4.78 is 22.5. The highest BCUT2D eigenvalue weighted by Gasteiger charge is 2.42. The average Bonchev–Trinajstić information content (AvgIpc) is 4.03. The first-order chi connectivity index (χ1) is 28.2. The molecule has 3 aliphatic heterocycles. The second kappa shape index (κ2) is 15.9. The van der Waals surface area contributed by atoms with Gasteiger partial charge in [0.15, 0.2) is 0 Å². The van der Waals surface area contributed by atoms with Crippen LogP contribution in [0.1, 0.15) is 90.1 Å². The van der Waals surface area contributed by atoms with Gasteiger partial charge in [-0.3, -0.25) is 9.69 Å². The van der Waals surface area contributed by atoms with Crippen LogP contribution in [0.15, 0.2) is 48.7 Å². The summed E-state index contributed by atoms with van der Waals surface area (Å²) in [5, 5.41) is 4.77. The molecule has 3 amide bonds. The van der Waals surface area contributed by atoms with Crippen molar-refractivity contribution in [3.05, 3.63) is 65.9 Å². The molecule has 59 heavy (non-hydrogen) atoms. The topological polar surface area (TPSA) is 164 Å². The number of nitrogens with zero attached hydrogens (tertiary/aromatic N) is 4. The number of nitrogens with one attached hydrogen (secondary N) is 3. The predicted molar refractivity (Wildman–Crippen MR) is 224 cm³/mol. The summed E-state index contributed by atoms with van der Waals surface area (Å²) >= 11 is 0. The van der Waals surface area contributed by atoms with Gasteiger partial charge in [0.1, 0.15) is 35.6 Å². The molecule has 8 rings (SSSR count). The van der Waals surface area contributed by atoms with Gasteiger partial charge < -0.3 is 39.1 Å². The number of ether oxygens (including phenoxy) is 4. The fourth-order valence-corrected chi connectivity index (χ4v) is 8.94. The largest absolute Gasteiger partial charge is 0.488 e. The maximum atomic E-state index is 13.9. The standard InChI is InChI=1S/C45H55N7O7/c1-9-25(3)38(50-43(54)57-8)42(53)51-20-24(2)14-35(51)40-46-19-34(48-40)28-10-12-30-29(16-28)23-58-37-18-31-27(17-32(30)37)11-13-33-39(31)49-41(47-33)36-15-26(22-56-7)21-52(36)44(55)59-45(4,5)6/h10-13,16-19,24-26,35-36,38H,9,14-15,20-23H2,1-8H3,(H,46,48)(H,47,49)(H,50,54)/t24-,25+,26-,35-,36-,38-/m0/s1. The Labute approximate surface area is 344 Å². The van der Waals surface area contributed by atoms with E-state index in [2.05, 4.69) is 58.6 Å². The third kappa shape index (κ3) is 7.82. The summed E-state index contributed by atoms with van der Waals surface area (Å²) in [6.45, 7) is 13.8. The van der Waals surface area contributed by atoms with Crippen LogP contribution in [0.3, 0.4) is 0 Å². The number of likely N-dealkylation sites (tertiary alicyclic amines) is 2. The number of carbonyl (C=O) groups excluding carboxylic acids is 3. The van der Waals surface area contributed by atoms with Gasteiger partial charge >= 0.3 is 12.2 Å². The SMILES string of the molecule is CC[C@@H](C)[C@H](NC(=O)OC)C(=O)N1C[C@@H](C)C[C@H]1c1ncc(-c2ccc3c(c2)COc2cc4c(ccc5[nH]c([C@@H]6C[C@H](COC)CN6C(=O)OC(C)(C)C)nc54)cc2-3)[nH]1. The first-order valence-corrected chi connectivity index (χ1v) is 20.7. The van der Waals surface area contributed by atoms with E-state index in [0.29, 0.717) is 26.3 Å². The summed E-state index contributed by atoms with van der Waals surface area (Å²) in [6.07, 6.45) is 3.06. The Morgan fingerprint density at radius 3 is 2.53 bits per heavy atom. The van der Waals surface area contributed by atoms with Crippen molar-refractivity contribution in [1.82, 2.24) is 35.1 Å². The molecular weight excluding hydrogens is 751 g/mol. The third-order valence-corrected chi connectivity index (χ3v) is 12.1. The molecule has 14 heteroatoms. The van der Waals surface area contributed by atoms with Crippen LogP contribution < -0.4 is 10.1 Å². The smallest absolute Gasteiger partial charge is 0.410 e. The Hall–Kier alpha value is -5.63. The van der Waals surface area contributed by atoms with E-state index in [4.69, 9.17) is 28.9 Å². The number of H-pyrrole nitrogens is 2. The second-order valence-electron chi connectivity index (χ2n) is 17.5. The van der Waals surface area contributed by atoms with Gasteiger partial charge in [-0.2, -0.15) is 0 Å². The van der Waals surface area contributed by atoms with E-state index >= 15 is 0 Å². The molecular formula is C45H55N7O7. The zero-order valence-electron chi connectivity index (χ0n) is 35.2. The maximum absolute atomic E-state index is 13.9. The lowest BCUT2D eigenvalue weighted by molar-refractivity contribution is -0.135. The van der Waals surface area contributed by atoms with E-state index in [1.165, 1.54) is 7.11 Å². The van der Waals surface area contributed by atoms with Gasteiger partial charge in [0.25, 0.3) is 0 Å². The number of aromatic amines is 2. The van der Waals surface area contributed by atoms with Crippen molar-refractivity contribution < 1.29 is 33.3 Å². The molecule has 0 saturated carbocycles. The molecule has 0 aliphatic carbocycles. The molecule has 0 spiro atoms. The van der Waals surface area contributed by atoms with Crippen molar-refractivity contribution in [1.29, 1.82) is 0 Å². The average molecular weight is 806 g/mol. The third-order valence-electron chi connectivity index (χ3n) is 12.1. The molecule has 0 bridgehead atoms. The van der Waals surface area contributed by atoms with Gasteiger partial charge in [-0.15, -0.1) is 0 Å². The van der Waals surface area contributed by atoms with E-state index < -0.39 is 17.7 Å². The summed E-state index contributed by atoms with van der Waals surface area (Å²) in [7, 11) is 2.99. The maximum Gasteiger partial charge on any atom is 0.410 e. The van der Waals surface area contributed by atoms with Crippen molar-refractivity contribution >= 4 is 39.9 Å². The Bertz CT molecular complexity index is 2400. The van der Waals surface area contributed by atoms with Crippen molar-refractivity contribution in [2.24, 2.45) is 17.8 Å². The Kier molecular flexibility index (Phi) is 10.8. The van der Waals surface area contributed by atoms with E-state index in [1.807, 2.05) is 51.8 Å². The van der Waals surface area contributed by atoms with Crippen LogP contribution in [0, 0.1) is 17.8 Å². The predicted octanol–water partition coefficient (Wildman–Crippen LogP) is 8.29. The molecule has 3 aromatic carbocycles. The highest BCUT2D eigenvalue weighted by Crippen LogP contribution is 2.44. The highest BCUT2D eigenvalue weighted by molar-refractivity contribution is 6.07. The highest BCUT2D eigenvalue weighted by atomic mass is 16.6. The van der Waals surface area contributed by atoms with Crippen LogP contribution in [-0.2, 0) is 25.6 Å². The van der Waals surface area contributed by atoms with Crippen LogP contribution in [0.25, 0.3) is 44.2 Å². The fraction of sp³-hybridized carbons (Fsp3) is 0.489. The van der Waals surface area contributed by atoms with Crippen molar-refractivity contribution in [2.75, 3.05) is 33.9 Å².